The summed E-state index contributed by atoms with van der Waals surface area (Å²) in [5.74, 6) is -0.169. The van der Waals surface area contributed by atoms with Crippen molar-refractivity contribution in [3.05, 3.63) is 65.2 Å². The molecule has 6 heteroatoms. The van der Waals surface area contributed by atoms with E-state index in [2.05, 4.69) is 5.32 Å². The van der Waals surface area contributed by atoms with Gasteiger partial charge in [0, 0.05) is 24.7 Å². The van der Waals surface area contributed by atoms with E-state index in [-0.39, 0.29) is 11.9 Å². The van der Waals surface area contributed by atoms with Crippen molar-refractivity contribution < 1.29 is 13.2 Å². The van der Waals surface area contributed by atoms with Crippen LogP contribution in [0.5, 0.6) is 0 Å². The summed E-state index contributed by atoms with van der Waals surface area (Å²) in [6, 6.07) is 13.8. The molecule has 1 N–H and O–H groups in total. The highest BCUT2D eigenvalue weighted by Gasteiger charge is 2.35. The number of rotatable bonds is 5. The summed E-state index contributed by atoms with van der Waals surface area (Å²) in [7, 11) is -3.53. The molecule has 1 fully saturated rings. The van der Waals surface area contributed by atoms with Crippen LogP contribution in [0.3, 0.4) is 0 Å². The minimum atomic E-state index is -3.53. The molecule has 0 saturated carbocycles. The van der Waals surface area contributed by atoms with Crippen LogP contribution in [-0.4, -0.2) is 37.8 Å². The summed E-state index contributed by atoms with van der Waals surface area (Å²) in [5, 5.41) is 2.90. The van der Waals surface area contributed by atoms with E-state index in [0.29, 0.717) is 23.5 Å². The predicted molar refractivity (Wildman–Crippen MR) is 102 cm³/mol. The molecule has 1 aliphatic rings. The van der Waals surface area contributed by atoms with E-state index in [1.54, 1.807) is 36.4 Å². The Morgan fingerprint density at radius 3 is 2.54 bits per heavy atom. The van der Waals surface area contributed by atoms with Gasteiger partial charge in [0.15, 0.2) is 0 Å². The van der Waals surface area contributed by atoms with Gasteiger partial charge in [0.2, 0.25) is 10.0 Å². The lowest BCUT2D eigenvalue weighted by molar-refractivity contribution is 0.0946. The smallest absolute Gasteiger partial charge is 0.251 e. The molecule has 0 bridgehead atoms. The van der Waals surface area contributed by atoms with Gasteiger partial charge in [0.1, 0.15) is 0 Å². The van der Waals surface area contributed by atoms with Crippen LogP contribution < -0.4 is 5.32 Å². The lowest BCUT2D eigenvalue weighted by Crippen LogP contribution is -2.43. The first kappa shape index (κ1) is 18.6. The SMILES string of the molecule is Cc1ccc(C(=O)NC[C@@H]2CCCN2S(=O)(=O)c2ccccc2)cc1C. The second-order valence-electron chi connectivity index (χ2n) is 6.73. The van der Waals surface area contributed by atoms with Crippen molar-refractivity contribution in [2.45, 2.75) is 37.6 Å². The van der Waals surface area contributed by atoms with E-state index < -0.39 is 10.0 Å². The Balaban J connectivity index is 1.69. The maximum Gasteiger partial charge on any atom is 0.251 e. The third-order valence-electron chi connectivity index (χ3n) is 4.94. The van der Waals surface area contributed by atoms with E-state index in [1.165, 1.54) is 4.31 Å². The fraction of sp³-hybridized carbons (Fsp3) is 0.350. The maximum atomic E-state index is 12.9. The molecule has 2 aromatic carbocycles. The van der Waals surface area contributed by atoms with Gasteiger partial charge in [-0.2, -0.15) is 4.31 Å². The largest absolute Gasteiger partial charge is 0.350 e. The summed E-state index contributed by atoms with van der Waals surface area (Å²) in [5.41, 5.74) is 2.80. The molecular formula is C20H24N2O3S. The number of hydrogen-bond donors (Lipinski definition) is 1. The molecule has 5 nitrogen and oxygen atoms in total. The van der Waals surface area contributed by atoms with Crippen LogP contribution in [0.1, 0.15) is 34.3 Å². The number of benzene rings is 2. The number of carbonyl (C=O) groups excluding carboxylic acids is 1. The number of nitrogens with one attached hydrogen (secondary N) is 1. The van der Waals surface area contributed by atoms with Gasteiger partial charge >= 0.3 is 0 Å². The van der Waals surface area contributed by atoms with Gasteiger partial charge in [0.25, 0.3) is 5.91 Å². The molecule has 3 rings (SSSR count). The van der Waals surface area contributed by atoms with E-state index in [4.69, 9.17) is 0 Å². The van der Waals surface area contributed by atoms with E-state index in [1.807, 2.05) is 26.0 Å². The fourth-order valence-electron chi connectivity index (χ4n) is 3.25. The molecule has 1 amide bonds. The number of sulfonamides is 1. The second kappa shape index (κ2) is 7.60. The molecule has 26 heavy (non-hydrogen) atoms. The molecule has 1 heterocycles. The van der Waals surface area contributed by atoms with Crippen molar-refractivity contribution in [3.63, 3.8) is 0 Å². The normalized spacial score (nSPS) is 18.0. The molecule has 0 aliphatic carbocycles. The van der Waals surface area contributed by atoms with Gasteiger partial charge in [-0.3, -0.25) is 4.79 Å². The van der Waals surface area contributed by atoms with Crippen molar-refractivity contribution in [2.75, 3.05) is 13.1 Å². The topological polar surface area (TPSA) is 66.5 Å². The highest BCUT2D eigenvalue weighted by atomic mass is 32.2. The van der Waals surface area contributed by atoms with Crippen LogP contribution in [0.4, 0.5) is 0 Å². The van der Waals surface area contributed by atoms with Gasteiger partial charge in [0.05, 0.1) is 4.90 Å². The lowest BCUT2D eigenvalue weighted by atomic mass is 10.1. The standard InChI is InChI=1S/C20H24N2O3S/c1-15-10-11-17(13-16(15)2)20(23)21-14-18-7-6-12-22(18)26(24,25)19-8-4-3-5-9-19/h3-5,8-11,13,18H,6-7,12,14H2,1-2H3,(H,21,23)/t18-/m0/s1. The van der Waals surface area contributed by atoms with E-state index in [9.17, 15) is 13.2 Å². The van der Waals surface area contributed by atoms with Crippen LogP contribution in [0.25, 0.3) is 0 Å². The molecule has 0 spiro atoms. The number of amides is 1. The second-order valence-corrected chi connectivity index (χ2v) is 8.62. The molecule has 138 valence electrons. The minimum absolute atomic E-state index is 0.169. The van der Waals surface area contributed by atoms with Crippen LogP contribution in [0, 0.1) is 13.8 Å². The molecule has 0 unspecified atom stereocenters. The average molecular weight is 372 g/mol. The van der Waals surface area contributed by atoms with Gasteiger partial charge in [-0.15, -0.1) is 0 Å². The van der Waals surface area contributed by atoms with Crippen LogP contribution in [0.2, 0.25) is 0 Å². The Labute approximate surface area is 155 Å². The van der Waals surface area contributed by atoms with E-state index >= 15 is 0 Å². The van der Waals surface area contributed by atoms with Crippen molar-refractivity contribution in [1.82, 2.24) is 9.62 Å². The third-order valence-corrected chi connectivity index (χ3v) is 6.91. The van der Waals surface area contributed by atoms with Crippen molar-refractivity contribution >= 4 is 15.9 Å². The molecule has 0 radical (unpaired) electrons. The van der Waals surface area contributed by atoms with Crippen LogP contribution >= 0.6 is 0 Å². The Hall–Kier alpha value is -2.18. The Bertz CT molecular complexity index is 895. The first-order valence-electron chi connectivity index (χ1n) is 8.82. The molecule has 1 aliphatic heterocycles. The summed E-state index contributed by atoms with van der Waals surface area (Å²) in [6.07, 6.45) is 1.55. The fourth-order valence-corrected chi connectivity index (χ4v) is 4.97. The van der Waals surface area contributed by atoms with E-state index in [0.717, 1.165) is 24.0 Å². The number of carbonyl (C=O) groups is 1. The number of hydrogen-bond acceptors (Lipinski definition) is 3. The highest BCUT2D eigenvalue weighted by molar-refractivity contribution is 7.89. The lowest BCUT2D eigenvalue weighted by Gasteiger charge is -2.24. The summed E-state index contributed by atoms with van der Waals surface area (Å²) >= 11 is 0. The minimum Gasteiger partial charge on any atom is -0.350 e. The quantitative estimate of drug-likeness (QED) is 0.878. The van der Waals surface area contributed by atoms with Crippen LogP contribution in [0.15, 0.2) is 53.4 Å². The molecule has 0 aromatic heterocycles. The van der Waals surface area contributed by atoms with Gasteiger partial charge in [-0.1, -0.05) is 24.3 Å². The first-order chi connectivity index (χ1) is 12.4. The van der Waals surface area contributed by atoms with Crippen LogP contribution in [-0.2, 0) is 10.0 Å². The zero-order chi connectivity index (χ0) is 18.7. The molecule has 2 aromatic rings. The van der Waals surface area contributed by atoms with Crippen molar-refractivity contribution in [3.8, 4) is 0 Å². The Kier molecular flexibility index (Phi) is 5.44. The summed E-state index contributed by atoms with van der Waals surface area (Å²) in [4.78, 5) is 12.7. The third kappa shape index (κ3) is 3.81. The monoisotopic (exact) mass is 372 g/mol. The Morgan fingerprint density at radius 2 is 1.85 bits per heavy atom. The molecule has 1 atom stereocenters. The zero-order valence-corrected chi connectivity index (χ0v) is 15.9. The molecular weight excluding hydrogens is 348 g/mol. The predicted octanol–water partition coefficient (Wildman–Crippen LogP) is 2.89. The van der Waals surface area contributed by atoms with Crippen molar-refractivity contribution in [2.24, 2.45) is 0 Å². The van der Waals surface area contributed by atoms with Gasteiger partial charge < -0.3 is 5.32 Å². The summed E-state index contributed by atoms with van der Waals surface area (Å²) < 4.78 is 27.2. The zero-order valence-electron chi connectivity index (χ0n) is 15.1. The Morgan fingerprint density at radius 1 is 1.12 bits per heavy atom. The van der Waals surface area contributed by atoms with Gasteiger partial charge in [-0.05, 0) is 62.1 Å². The van der Waals surface area contributed by atoms with Crippen molar-refractivity contribution in [1.29, 1.82) is 0 Å². The maximum absolute atomic E-state index is 12.9. The number of nitrogens with zero attached hydrogens (tertiary/aromatic N) is 1. The summed E-state index contributed by atoms with van der Waals surface area (Å²) in [6.45, 7) is 4.78. The highest BCUT2D eigenvalue weighted by Crippen LogP contribution is 2.25. The van der Waals surface area contributed by atoms with Gasteiger partial charge in [-0.25, -0.2) is 8.42 Å². The number of aryl methyl sites for hydroxylation is 2. The molecule has 1 saturated heterocycles. The average Bonchev–Trinajstić information content (AvgIpc) is 3.12. The first-order valence-corrected chi connectivity index (χ1v) is 10.3.